The van der Waals surface area contributed by atoms with E-state index in [1.54, 1.807) is 0 Å². The zero-order chi connectivity index (χ0) is 14.5. The van der Waals surface area contributed by atoms with Crippen molar-refractivity contribution in [2.75, 3.05) is 12.3 Å². The van der Waals surface area contributed by atoms with E-state index in [9.17, 15) is 0 Å². The topological polar surface area (TPSA) is 61.0 Å². The molecule has 1 aromatic heterocycles. The minimum absolute atomic E-state index is 0.318. The van der Waals surface area contributed by atoms with Crippen LogP contribution in [0.4, 0.5) is 5.82 Å². The van der Waals surface area contributed by atoms with Gasteiger partial charge in [0, 0.05) is 17.3 Å². The molecule has 0 aliphatic carbocycles. The van der Waals surface area contributed by atoms with Crippen LogP contribution in [0.1, 0.15) is 38.8 Å². The van der Waals surface area contributed by atoms with Gasteiger partial charge in [-0.25, -0.2) is 9.97 Å². The van der Waals surface area contributed by atoms with E-state index in [4.69, 9.17) is 10.5 Å². The fourth-order valence-corrected chi connectivity index (χ4v) is 1.86. The summed E-state index contributed by atoms with van der Waals surface area (Å²) in [5, 5.41) is 0. The van der Waals surface area contributed by atoms with Crippen LogP contribution in [0.25, 0.3) is 11.4 Å². The molecule has 1 aromatic carbocycles. The molecule has 0 spiro atoms. The minimum atomic E-state index is 0.318. The number of nitrogens with zero attached hydrogens (tertiary/aromatic N) is 2. The molecular formula is C16H21N3O. The summed E-state index contributed by atoms with van der Waals surface area (Å²) in [4.78, 5) is 8.90. The number of ether oxygens (including phenoxy) is 1. The number of hydrogen-bond acceptors (Lipinski definition) is 4. The van der Waals surface area contributed by atoms with Gasteiger partial charge in [-0.15, -0.1) is 0 Å². The van der Waals surface area contributed by atoms with Gasteiger partial charge in [0.2, 0.25) is 0 Å². The number of rotatable bonds is 5. The Labute approximate surface area is 120 Å². The fourth-order valence-electron chi connectivity index (χ4n) is 1.86. The van der Waals surface area contributed by atoms with E-state index < -0.39 is 0 Å². The van der Waals surface area contributed by atoms with Crippen LogP contribution in [0.5, 0.6) is 5.75 Å². The van der Waals surface area contributed by atoms with Gasteiger partial charge in [0.1, 0.15) is 11.6 Å². The normalized spacial score (nSPS) is 10.8. The van der Waals surface area contributed by atoms with E-state index in [-0.39, 0.29) is 0 Å². The number of hydrogen-bond donors (Lipinski definition) is 1. The van der Waals surface area contributed by atoms with Gasteiger partial charge in [0.15, 0.2) is 5.82 Å². The maximum atomic E-state index is 5.87. The summed E-state index contributed by atoms with van der Waals surface area (Å²) in [6.07, 6.45) is 0.983. The van der Waals surface area contributed by atoms with Crippen LogP contribution in [0.15, 0.2) is 30.3 Å². The lowest BCUT2D eigenvalue weighted by Crippen LogP contribution is -2.02. The van der Waals surface area contributed by atoms with E-state index in [0.29, 0.717) is 24.2 Å². The number of aromatic nitrogens is 2. The third-order valence-corrected chi connectivity index (χ3v) is 2.92. The standard InChI is InChI=1S/C16H21N3O/c1-4-8-20-13-7-5-6-12(9-13)16-18-14(11(2)3)10-15(17)19-16/h5-7,9-11H,4,8H2,1-3H3,(H2,17,18,19). The summed E-state index contributed by atoms with van der Waals surface area (Å²) in [5.74, 6) is 2.30. The van der Waals surface area contributed by atoms with Crippen LogP contribution >= 0.6 is 0 Å². The lowest BCUT2D eigenvalue weighted by atomic mass is 10.1. The molecule has 0 saturated carbocycles. The smallest absolute Gasteiger partial charge is 0.161 e. The second-order valence-corrected chi connectivity index (χ2v) is 5.07. The molecule has 1 heterocycles. The average molecular weight is 271 g/mol. The molecule has 0 fully saturated rings. The van der Waals surface area contributed by atoms with Crippen LogP contribution in [-0.2, 0) is 0 Å². The van der Waals surface area contributed by atoms with Crippen LogP contribution in [0.3, 0.4) is 0 Å². The van der Waals surface area contributed by atoms with E-state index in [1.807, 2.05) is 30.3 Å². The van der Waals surface area contributed by atoms with Crippen LogP contribution in [0.2, 0.25) is 0 Å². The summed E-state index contributed by atoms with van der Waals surface area (Å²) in [7, 11) is 0. The Morgan fingerprint density at radius 3 is 2.70 bits per heavy atom. The Morgan fingerprint density at radius 1 is 1.20 bits per heavy atom. The minimum Gasteiger partial charge on any atom is -0.494 e. The number of benzene rings is 1. The van der Waals surface area contributed by atoms with E-state index >= 15 is 0 Å². The zero-order valence-corrected chi connectivity index (χ0v) is 12.3. The van der Waals surface area contributed by atoms with Crippen LogP contribution < -0.4 is 10.5 Å². The summed E-state index contributed by atoms with van der Waals surface area (Å²) < 4.78 is 5.64. The number of nitrogens with two attached hydrogens (primary N) is 1. The summed E-state index contributed by atoms with van der Waals surface area (Å²) >= 11 is 0. The molecule has 0 unspecified atom stereocenters. The van der Waals surface area contributed by atoms with Gasteiger partial charge in [0.25, 0.3) is 0 Å². The summed E-state index contributed by atoms with van der Waals surface area (Å²) in [6.45, 7) is 6.97. The molecular weight excluding hydrogens is 250 g/mol. The maximum absolute atomic E-state index is 5.87. The molecule has 2 N–H and O–H groups in total. The van der Waals surface area contributed by atoms with Crippen molar-refractivity contribution < 1.29 is 4.74 Å². The molecule has 0 bridgehead atoms. The Kier molecular flexibility index (Phi) is 4.56. The molecule has 0 radical (unpaired) electrons. The molecule has 0 aliphatic rings. The van der Waals surface area contributed by atoms with Crippen molar-refractivity contribution in [3.8, 4) is 17.1 Å². The fraction of sp³-hybridized carbons (Fsp3) is 0.375. The first-order chi connectivity index (χ1) is 9.60. The summed E-state index contributed by atoms with van der Waals surface area (Å²) in [6, 6.07) is 9.63. The van der Waals surface area contributed by atoms with Gasteiger partial charge in [0.05, 0.1) is 6.61 Å². The highest BCUT2D eigenvalue weighted by Crippen LogP contribution is 2.24. The van der Waals surface area contributed by atoms with Crippen molar-refractivity contribution in [3.05, 3.63) is 36.0 Å². The molecule has 0 atom stereocenters. The van der Waals surface area contributed by atoms with Crippen molar-refractivity contribution in [2.45, 2.75) is 33.1 Å². The lowest BCUT2D eigenvalue weighted by Gasteiger charge is -2.10. The van der Waals surface area contributed by atoms with Gasteiger partial charge in [-0.1, -0.05) is 32.9 Å². The van der Waals surface area contributed by atoms with Crippen molar-refractivity contribution in [2.24, 2.45) is 0 Å². The third-order valence-electron chi connectivity index (χ3n) is 2.92. The Morgan fingerprint density at radius 2 is 2.00 bits per heavy atom. The molecule has 4 nitrogen and oxygen atoms in total. The van der Waals surface area contributed by atoms with Gasteiger partial charge in [-0.05, 0) is 24.5 Å². The molecule has 0 saturated heterocycles. The molecule has 2 rings (SSSR count). The largest absolute Gasteiger partial charge is 0.494 e. The van der Waals surface area contributed by atoms with Crippen molar-refractivity contribution in [3.63, 3.8) is 0 Å². The molecule has 106 valence electrons. The van der Waals surface area contributed by atoms with Gasteiger partial charge in [-0.3, -0.25) is 0 Å². The monoisotopic (exact) mass is 271 g/mol. The van der Waals surface area contributed by atoms with Crippen molar-refractivity contribution >= 4 is 5.82 Å². The van der Waals surface area contributed by atoms with Gasteiger partial charge in [-0.2, -0.15) is 0 Å². The molecule has 0 amide bonds. The lowest BCUT2D eigenvalue weighted by molar-refractivity contribution is 0.317. The molecule has 2 aromatic rings. The van der Waals surface area contributed by atoms with Gasteiger partial charge < -0.3 is 10.5 Å². The summed E-state index contributed by atoms with van der Waals surface area (Å²) in [5.41, 5.74) is 7.75. The number of anilines is 1. The predicted octanol–water partition coefficient (Wildman–Crippen LogP) is 3.64. The maximum Gasteiger partial charge on any atom is 0.161 e. The molecule has 20 heavy (non-hydrogen) atoms. The molecule has 4 heteroatoms. The Bertz CT molecular complexity index is 582. The first-order valence-electron chi connectivity index (χ1n) is 6.98. The first-order valence-corrected chi connectivity index (χ1v) is 6.98. The predicted molar refractivity (Wildman–Crippen MR) is 81.8 cm³/mol. The van der Waals surface area contributed by atoms with E-state index in [2.05, 4.69) is 30.7 Å². The number of nitrogen functional groups attached to an aromatic ring is 1. The first kappa shape index (κ1) is 14.3. The van der Waals surface area contributed by atoms with Gasteiger partial charge >= 0.3 is 0 Å². The third kappa shape index (κ3) is 3.47. The SMILES string of the molecule is CCCOc1cccc(-c2nc(N)cc(C(C)C)n2)c1. The van der Waals surface area contributed by atoms with Crippen LogP contribution in [0, 0.1) is 0 Å². The molecule has 0 aliphatic heterocycles. The van der Waals surface area contributed by atoms with E-state index in [1.165, 1.54) is 0 Å². The van der Waals surface area contributed by atoms with Crippen LogP contribution in [-0.4, -0.2) is 16.6 Å². The highest BCUT2D eigenvalue weighted by molar-refractivity contribution is 5.59. The highest BCUT2D eigenvalue weighted by Gasteiger charge is 2.09. The average Bonchev–Trinajstić information content (AvgIpc) is 2.44. The Balaban J connectivity index is 2.35. The Hall–Kier alpha value is -2.10. The second-order valence-electron chi connectivity index (χ2n) is 5.07. The van der Waals surface area contributed by atoms with Crippen molar-refractivity contribution in [1.29, 1.82) is 0 Å². The second kappa shape index (κ2) is 6.37. The van der Waals surface area contributed by atoms with Crippen molar-refractivity contribution in [1.82, 2.24) is 9.97 Å². The highest BCUT2D eigenvalue weighted by atomic mass is 16.5. The zero-order valence-electron chi connectivity index (χ0n) is 12.3. The quantitative estimate of drug-likeness (QED) is 0.902. The van der Waals surface area contributed by atoms with E-state index in [0.717, 1.165) is 23.4 Å².